The first-order chi connectivity index (χ1) is 10.1. The van der Waals surface area contributed by atoms with Crippen molar-refractivity contribution in [2.45, 2.75) is 19.3 Å². The number of carboxylic acid groups (broad SMARTS) is 1. The zero-order valence-electron chi connectivity index (χ0n) is 11.6. The third kappa shape index (κ3) is 4.40. The van der Waals surface area contributed by atoms with Crippen LogP contribution in [0, 0.1) is 5.41 Å². The summed E-state index contributed by atoms with van der Waals surface area (Å²) in [6.45, 7) is 1.43. The van der Waals surface area contributed by atoms with Gasteiger partial charge in [0.05, 0.1) is 10.4 Å². The van der Waals surface area contributed by atoms with Crippen LogP contribution < -0.4 is 10.6 Å². The highest BCUT2D eigenvalue weighted by molar-refractivity contribution is 7.09. The Labute approximate surface area is 126 Å². The van der Waals surface area contributed by atoms with E-state index < -0.39 is 11.4 Å². The van der Waals surface area contributed by atoms with E-state index in [0.717, 1.165) is 5.01 Å². The summed E-state index contributed by atoms with van der Waals surface area (Å²) < 4.78 is 5.19. The van der Waals surface area contributed by atoms with Gasteiger partial charge in [0.15, 0.2) is 0 Å². The van der Waals surface area contributed by atoms with Crippen LogP contribution in [0.15, 0.2) is 11.6 Å². The first kappa shape index (κ1) is 15.7. The van der Waals surface area contributed by atoms with Crippen molar-refractivity contribution < 1.29 is 19.4 Å². The van der Waals surface area contributed by atoms with E-state index in [1.165, 1.54) is 11.3 Å². The molecule has 1 fully saturated rings. The van der Waals surface area contributed by atoms with Crippen molar-refractivity contribution in [2.75, 3.05) is 26.3 Å². The lowest BCUT2D eigenvalue weighted by atomic mass is 9.80. The zero-order chi connectivity index (χ0) is 15.1. The smallest absolute Gasteiger partial charge is 0.314 e. The summed E-state index contributed by atoms with van der Waals surface area (Å²) in [5, 5.41) is 17.6. The van der Waals surface area contributed by atoms with Crippen LogP contribution >= 0.6 is 11.3 Å². The lowest BCUT2D eigenvalue weighted by Crippen LogP contribution is -2.49. The number of thiazole rings is 1. The van der Waals surface area contributed by atoms with E-state index >= 15 is 0 Å². The number of rotatable bonds is 6. The molecule has 1 aromatic heterocycles. The van der Waals surface area contributed by atoms with Crippen molar-refractivity contribution in [2.24, 2.45) is 5.41 Å². The number of nitrogens with one attached hydrogen (secondary N) is 2. The van der Waals surface area contributed by atoms with Gasteiger partial charge in [-0.2, -0.15) is 0 Å². The molecule has 2 amide bonds. The van der Waals surface area contributed by atoms with E-state index in [2.05, 4.69) is 15.6 Å². The molecule has 116 valence electrons. The minimum absolute atomic E-state index is 0.120. The van der Waals surface area contributed by atoms with E-state index in [4.69, 9.17) is 4.74 Å². The molecule has 0 atom stereocenters. The van der Waals surface area contributed by atoms with Crippen LogP contribution in [0.1, 0.15) is 17.8 Å². The molecule has 7 nitrogen and oxygen atoms in total. The van der Waals surface area contributed by atoms with Crippen LogP contribution in [0.4, 0.5) is 4.79 Å². The molecule has 2 rings (SSSR count). The monoisotopic (exact) mass is 313 g/mol. The third-order valence-electron chi connectivity index (χ3n) is 3.60. The minimum Gasteiger partial charge on any atom is -0.481 e. The Morgan fingerprint density at radius 3 is 2.76 bits per heavy atom. The molecule has 0 aliphatic carbocycles. The van der Waals surface area contributed by atoms with E-state index in [9.17, 15) is 14.7 Å². The fourth-order valence-corrected chi connectivity index (χ4v) is 2.82. The zero-order valence-corrected chi connectivity index (χ0v) is 12.4. The Bertz CT molecular complexity index is 472. The normalized spacial score (nSPS) is 17.1. The van der Waals surface area contributed by atoms with Crippen molar-refractivity contribution >= 4 is 23.3 Å². The van der Waals surface area contributed by atoms with Crippen LogP contribution in [-0.2, 0) is 16.0 Å². The average molecular weight is 313 g/mol. The third-order valence-corrected chi connectivity index (χ3v) is 4.44. The lowest BCUT2D eigenvalue weighted by molar-refractivity contribution is -0.154. The number of aromatic nitrogens is 1. The van der Waals surface area contributed by atoms with Gasteiger partial charge in [-0.05, 0) is 12.8 Å². The molecular formula is C13H19N3O4S. The van der Waals surface area contributed by atoms with Crippen LogP contribution in [0.25, 0.3) is 0 Å². The van der Waals surface area contributed by atoms with Crippen molar-refractivity contribution in [1.82, 2.24) is 15.6 Å². The van der Waals surface area contributed by atoms with Gasteiger partial charge in [0, 0.05) is 44.3 Å². The second-order valence-electron chi connectivity index (χ2n) is 4.98. The number of hydrogen-bond acceptors (Lipinski definition) is 5. The fourth-order valence-electron chi connectivity index (χ4n) is 2.20. The van der Waals surface area contributed by atoms with E-state index in [1.54, 1.807) is 6.20 Å². The molecule has 1 saturated heterocycles. The van der Waals surface area contributed by atoms with Crippen LogP contribution in [0.5, 0.6) is 0 Å². The maximum absolute atomic E-state index is 11.7. The van der Waals surface area contributed by atoms with Gasteiger partial charge in [-0.15, -0.1) is 11.3 Å². The first-order valence-electron chi connectivity index (χ1n) is 6.84. The number of amides is 2. The lowest BCUT2D eigenvalue weighted by Gasteiger charge is -2.33. The average Bonchev–Trinajstić information content (AvgIpc) is 2.99. The van der Waals surface area contributed by atoms with Gasteiger partial charge in [0.25, 0.3) is 0 Å². The standard InChI is InChI=1S/C13H19N3O4S/c17-11(18)13(2-6-20-7-3-13)9-16-12(19)15-4-1-10-14-5-8-21-10/h5,8H,1-4,6-7,9H2,(H,17,18)(H2,15,16,19). The Hall–Kier alpha value is -1.67. The van der Waals surface area contributed by atoms with Crippen LogP contribution in [0.3, 0.4) is 0 Å². The maximum Gasteiger partial charge on any atom is 0.314 e. The Morgan fingerprint density at radius 1 is 1.38 bits per heavy atom. The molecule has 1 aliphatic heterocycles. The van der Waals surface area contributed by atoms with Gasteiger partial charge in [0.2, 0.25) is 0 Å². The Kier molecular flexibility index (Phi) is 5.51. The summed E-state index contributed by atoms with van der Waals surface area (Å²) in [5.41, 5.74) is -0.912. The molecule has 21 heavy (non-hydrogen) atoms. The van der Waals surface area contributed by atoms with Crippen molar-refractivity contribution in [1.29, 1.82) is 0 Å². The van der Waals surface area contributed by atoms with E-state index in [1.807, 2.05) is 5.38 Å². The van der Waals surface area contributed by atoms with E-state index in [0.29, 0.717) is 39.0 Å². The predicted octanol–water partition coefficient (Wildman–Crippen LogP) is 0.866. The van der Waals surface area contributed by atoms with Gasteiger partial charge in [-0.3, -0.25) is 4.79 Å². The number of hydrogen-bond donors (Lipinski definition) is 3. The van der Waals surface area contributed by atoms with Gasteiger partial charge in [-0.1, -0.05) is 0 Å². The number of carbonyl (C=O) groups is 2. The molecule has 1 aliphatic rings. The van der Waals surface area contributed by atoms with Crippen molar-refractivity contribution in [3.8, 4) is 0 Å². The Balaban J connectivity index is 1.72. The summed E-state index contributed by atoms with van der Waals surface area (Å²) >= 11 is 1.54. The molecule has 0 saturated carbocycles. The largest absolute Gasteiger partial charge is 0.481 e. The quantitative estimate of drug-likeness (QED) is 0.723. The van der Waals surface area contributed by atoms with Crippen LogP contribution in [0.2, 0.25) is 0 Å². The number of aliphatic carboxylic acids is 1. The van der Waals surface area contributed by atoms with Gasteiger partial charge >= 0.3 is 12.0 Å². The van der Waals surface area contributed by atoms with Crippen molar-refractivity contribution in [3.05, 3.63) is 16.6 Å². The van der Waals surface area contributed by atoms with Crippen molar-refractivity contribution in [3.63, 3.8) is 0 Å². The topological polar surface area (TPSA) is 101 Å². The van der Waals surface area contributed by atoms with Crippen LogP contribution in [-0.4, -0.2) is 48.4 Å². The van der Waals surface area contributed by atoms with Gasteiger partial charge in [-0.25, -0.2) is 9.78 Å². The minimum atomic E-state index is -0.912. The number of urea groups is 1. The summed E-state index contributed by atoms with van der Waals surface area (Å²) in [5.74, 6) is -0.881. The number of ether oxygens (including phenoxy) is 1. The summed E-state index contributed by atoms with van der Waals surface area (Å²) in [6, 6.07) is -0.348. The molecule has 8 heteroatoms. The maximum atomic E-state index is 11.7. The number of carbonyl (C=O) groups excluding carboxylic acids is 1. The molecule has 3 N–H and O–H groups in total. The molecular weight excluding hydrogens is 294 g/mol. The van der Waals surface area contributed by atoms with Gasteiger partial charge in [0.1, 0.15) is 0 Å². The second-order valence-corrected chi connectivity index (χ2v) is 5.96. The first-order valence-corrected chi connectivity index (χ1v) is 7.72. The SMILES string of the molecule is O=C(NCCc1nccs1)NCC1(C(=O)O)CCOCC1. The predicted molar refractivity (Wildman–Crippen MR) is 77.3 cm³/mol. The molecule has 0 unspecified atom stereocenters. The highest BCUT2D eigenvalue weighted by Crippen LogP contribution is 2.29. The molecule has 1 aromatic rings. The van der Waals surface area contributed by atoms with Gasteiger partial charge < -0.3 is 20.5 Å². The molecule has 0 aromatic carbocycles. The Morgan fingerprint density at radius 2 is 2.14 bits per heavy atom. The molecule has 0 bridgehead atoms. The summed E-state index contributed by atoms with van der Waals surface area (Å²) in [6.07, 6.45) is 3.23. The molecule has 2 heterocycles. The summed E-state index contributed by atoms with van der Waals surface area (Å²) in [4.78, 5) is 27.3. The fraction of sp³-hybridized carbons (Fsp3) is 0.615. The highest BCUT2D eigenvalue weighted by atomic mass is 32.1. The number of nitrogens with zero attached hydrogens (tertiary/aromatic N) is 1. The summed E-state index contributed by atoms with van der Waals surface area (Å²) in [7, 11) is 0. The van der Waals surface area contributed by atoms with E-state index in [-0.39, 0.29) is 12.6 Å². The number of carboxylic acids is 1. The molecule has 0 spiro atoms. The second kappa shape index (κ2) is 7.37. The molecule has 0 radical (unpaired) electrons. The highest BCUT2D eigenvalue weighted by Gasteiger charge is 2.40.